The topological polar surface area (TPSA) is 63.4 Å². The summed E-state index contributed by atoms with van der Waals surface area (Å²) in [4.78, 5) is -0.0577. The van der Waals surface area contributed by atoms with E-state index >= 15 is 0 Å². The zero-order chi connectivity index (χ0) is 13.1. The Morgan fingerprint density at radius 3 is 2.65 bits per heavy atom. The third kappa shape index (κ3) is 3.48. The molecule has 0 spiro atoms. The second-order valence-corrected chi connectivity index (χ2v) is 6.44. The molecule has 4 nitrogen and oxygen atoms in total. The standard InChI is InChI=1S/C10H14BrFN2O2S/c1-14(6-2-5-13)17(15,16)8-3-4-9(11)10(12)7-8/h3-4,7H,2,5-6,13H2,1H3. The summed E-state index contributed by atoms with van der Waals surface area (Å²) in [5.41, 5.74) is 5.32. The largest absolute Gasteiger partial charge is 0.330 e. The molecule has 96 valence electrons. The lowest BCUT2D eigenvalue weighted by molar-refractivity contribution is 0.463. The lowest BCUT2D eigenvalue weighted by atomic mass is 10.3. The van der Waals surface area contributed by atoms with Crippen molar-refractivity contribution in [2.45, 2.75) is 11.3 Å². The van der Waals surface area contributed by atoms with Gasteiger partial charge < -0.3 is 5.73 Å². The van der Waals surface area contributed by atoms with E-state index in [0.717, 1.165) is 6.07 Å². The Labute approximate surface area is 109 Å². The fraction of sp³-hybridized carbons (Fsp3) is 0.400. The van der Waals surface area contributed by atoms with E-state index in [4.69, 9.17) is 5.73 Å². The summed E-state index contributed by atoms with van der Waals surface area (Å²) in [6.45, 7) is 0.727. The van der Waals surface area contributed by atoms with Crippen LogP contribution in [0.25, 0.3) is 0 Å². The molecule has 2 N–H and O–H groups in total. The van der Waals surface area contributed by atoms with Gasteiger partial charge in [0.1, 0.15) is 5.82 Å². The van der Waals surface area contributed by atoms with E-state index in [1.165, 1.54) is 23.5 Å². The molecule has 0 amide bonds. The summed E-state index contributed by atoms with van der Waals surface area (Å²) in [6.07, 6.45) is 0.564. The number of sulfonamides is 1. The first-order chi connectivity index (χ1) is 7.89. The Bertz CT molecular complexity index is 493. The predicted octanol–water partition coefficient (Wildman–Crippen LogP) is 1.56. The van der Waals surface area contributed by atoms with Gasteiger partial charge in [-0.1, -0.05) is 0 Å². The maximum Gasteiger partial charge on any atom is 0.242 e. The van der Waals surface area contributed by atoms with E-state index in [0.29, 0.717) is 19.5 Å². The lowest BCUT2D eigenvalue weighted by Crippen LogP contribution is -2.29. The minimum atomic E-state index is -3.63. The average Bonchev–Trinajstić information content (AvgIpc) is 2.29. The molecule has 0 aliphatic rings. The molecule has 7 heteroatoms. The fourth-order valence-corrected chi connectivity index (χ4v) is 2.72. The molecule has 0 heterocycles. The molecule has 0 fully saturated rings. The molecule has 17 heavy (non-hydrogen) atoms. The summed E-state index contributed by atoms with van der Waals surface area (Å²) in [7, 11) is -2.18. The smallest absolute Gasteiger partial charge is 0.242 e. The normalized spacial score (nSPS) is 12.1. The Morgan fingerprint density at radius 1 is 1.47 bits per heavy atom. The van der Waals surface area contributed by atoms with Crippen LogP contribution in [0.1, 0.15) is 6.42 Å². The van der Waals surface area contributed by atoms with Crippen molar-refractivity contribution in [2.75, 3.05) is 20.1 Å². The number of halogens is 2. The lowest BCUT2D eigenvalue weighted by Gasteiger charge is -2.16. The Kier molecular flexibility index (Phi) is 5.05. The van der Waals surface area contributed by atoms with Crippen molar-refractivity contribution in [1.82, 2.24) is 4.31 Å². The first-order valence-corrected chi connectivity index (χ1v) is 7.24. The van der Waals surface area contributed by atoms with Gasteiger partial charge in [-0.15, -0.1) is 0 Å². The summed E-state index contributed by atoms with van der Waals surface area (Å²) in [5, 5.41) is 0. The van der Waals surface area contributed by atoms with E-state index in [-0.39, 0.29) is 9.37 Å². The van der Waals surface area contributed by atoms with E-state index in [2.05, 4.69) is 15.9 Å². The number of nitrogens with zero attached hydrogens (tertiary/aromatic N) is 1. The van der Waals surface area contributed by atoms with E-state index < -0.39 is 15.8 Å². The van der Waals surface area contributed by atoms with Crippen molar-refractivity contribution < 1.29 is 12.8 Å². The highest BCUT2D eigenvalue weighted by molar-refractivity contribution is 9.10. The molecule has 0 bridgehead atoms. The van der Waals surface area contributed by atoms with Gasteiger partial charge in [0.05, 0.1) is 9.37 Å². The van der Waals surface area contributed by atoms with Crippen molar-refractivity contribution in [3.8, 4) is 0 Å². The van der Waals surface area contributed by atoms with Gasteiger partial charge in [0.25, 0.3) is 0 Å². The number of hydrogen-bond acceptors (Lipinski definition) is 3. The number of rotatable bonds is 5. The molecule has 0 saturated heterocycles. The molecular weight excluding hydrogens is 311 g/mol. The number of benzene rings is 1. The van der Waals surface area contributed by atoms with Crippen molar-refractivity contribution in [3.63, 3.8) is 0 Å². The Balaban J connectivity index is 3.00. The zero-order valence-corrected chi connectivity index (χ0v) is 11.8. The van der Waals surface area contributed by atoms with Crippen LogP contribution in [0.4, 0.5) is 4.39 Å². The third-order valence-electron chi connectivity index (χ3n) is 2.28. The molecule has 0 aliphatic carbocycles. The first-order valence-electron chi connectivity index (χ1n) is 5.01. The van der Waals surface area contributed by atoms with Crippen molar-refractivity contribution in [2.24, 2.45) is 5.73 Å². The van der Waals surface area contributed by atoms with Gasteiger partial charge in [-0.05, 0) is 47.1 Å². The van der Waals surface area contributed by atoms with Gasteiger partial charge in [-0.2, -0.15) is 0 Å². The van der Waals surface area contributed by atoms with Crippen molar-refractivity contribution in [3.05, 3.63) is 28.5 Å². The Hall–Kier alpha value is -0.500. The third-order valence-corrected chi connectivity index (χ3v) is 4.77. The highest BCUT2D eigenvalue weighted by Gasteiger charge is 2.21. The fourth-order valence-electron chi connectivity index (χ4n) is 1.25. The number of nitrogens with two attached hydrogens (primary N) is 1. The monoisotopic (exact) mass is 324 g/mol. The minimum Gasteiger partial charge on any atom is -0.330 e. The van der Waals surface area contributed by atoms with Crippen LogP contribution in [-0.4, -0.2) is 32.9 Å². The molecule has 0 unspecified atom stereocenters. The molecule has 1 aromatic rings. The molecule has 0 aliphatic heterocycles. The molecule has 0 radical (unpaired) electrons. The van der Waals surface area contributed by atoms with Crippen molar-refractivity contribution in [1.29, 1.82) is 0 Å². The van der Waals surface area contributed by atoms with Crippen LogP contribution in [0.5, 0.6) is 0 Å². The molecule has 1 aromatic carbocycles. The molecule has 0 saturated carbocycles. The van der Waals surface area contributed by atoms with Gasteiger partial charge in [-0.25, -0.2) is 17.1 Å². The van der Waals surface area contributed by atoms with Crippen LogP contribution in [0, 0.1) is 5.82 Å². The number of hydrogen-bond donors (Lipinski definition) is 1. The van der Waals surface area contributed by atoms with E-state index in [9.17, 15) is 12.8 Å². The zero-order valence-electron chi connectivity index (χ0n) is 9.36. The minimum absolute atomic E-state index is 0.0577. The first kappa shape index (κ1) is 14.6. The SMILES string of the molecule is CN(CCCN)S(=O)(=O)c1ccc(Br)c(F)c1. The average molecular weight is 325 g/mol. The summed E-state index contributed by atoms with van der Waals surface area (Å²) in [5.74, 6) is -0.599. The second-order valence-electron chi connectivity index (χ2n) is 3.54. The van der Waals surface area contributed by atoms with E-state index in [1.54, 1.807) is 0 Å². The van der Waals surface area contributed by atoms with Gasteiger partial charge in [0, 0.05) is 13.6 Å². The van der Waals surface area contributed by atoms with Crippen LogP contribution < -0.4 is 5.73 Å². The highest BCUT2D eigenvalue weighted by Crippen LogP contribution is 2.21. The van der Waals surface area contributed by atoms with E-state index in [1.807, 2.05) is 0 Å². The van der Waals surface area contributed by atoms with Gasteiger partial charge in [0.2, 0.25) is 10.0 Å². The summed E-state index contributed by atoms with van der Waals surface area (Å²) in [6, 6.07) is 3.73. The van der Waals surface area contributed by atoms with Crippen LogP contribution in [0.15, 0.2) is 27.6 Å². The van der Waals surface area contributed by atoms with Crippen LogP contribution in [-0.2, 0) is 10.0 Å². The molecule has 0 atom stereocenters. The maximum absolute atomic E-state index is 13.3. The van der Waals surface area contributed by atoms with Crippen molar-refractivity contribution >= 4 is 26.0 Å². The van der Waals surface area contributed by atoms with Gasteiger partial charge >= 0.3 is 0 Å². The predicted molar refractivity (Wildman–Crippen MR) is 67.6 cm³/mol. The molecule has 1 rings (SSSR count). The maximum atomic E-state index is 13.3. The van der Waals surface area contributed by atoms with Gasteiger partial charge in [0.15, 0.2) is 0 Å². The summed E-state index contributed by atoms with van der Waals surface area (Å²) < 4.78 is 38.7. The quantitative estimate of drug-likeness (QED) is 0.894. The molecular formula is C10H14BrFN2O2S. The second kappa shape index (κ2) is 5.90. The van der Waals surface area contributed by atoms with Gasteiger partial charge in [-0.3, -0.25) is 0 Å². The van der Waals surface area contributed by atoms with Crippen LogP contribution in [0.3, 0.4) is 0 Å². The van der Waals surface area contributed by atoms with Crippen LogP contribution in [0.2, 0.25) is 0 Å². The molecule has 0 aromatic heterocycles. The Morgan fingerprint density at radius 2 is 2.12 bits per heavy atom. The summed E-state index contributed by atoms with van der Waals surface area (Å²) >= 11 is 2.98. The highest BCUT2D eigenvalue weighted by atomic mass is 79.9. The van der Waals surface area contributed by atoms with Crippen LogP contribution >= 0.6 is 15.9 Å².